The minimum Gasteiger partial charge on any atom is -0.249 e. The van der Waals surface area contributed by atoms with Crippen molar-refractivity contribution >= 4 is 0 Å². The Morgan fingerprint density at radius 2 is 1.00 bits per heavy atom. The molecule has 0 aromatic rings. The molecule has 0 N–H and O–H groups in total. The topological polar surface area (TPSA) is 0 Å². The molecule has 0 radical (unpaired) electrons. The molecule has 0 aromatic carbocycles. The van der Waals surface area contributed by atoms with Gasteiger partial charge in [-0.25, -0.2) is 35.5 Å². The molecule has 0 unspecified atom stereocenters. The number of hydrogen-bond acceptors (Lipinski definition) is 0. The quantitative estimate of drug-likeness (QED) is 0.387. The summed E-state index contributed by atoms with van der Waals surface area (Å²) in [7, 11) is 0. The van der Waals surface area contributed by atoms with Crippen molar-refractivity contribution in [2.45, 2.75) is 93.9 Å². The van der Waals surface area contributed by atoms with E-state index in [1.165, 1.54) is 48.0 Å². The number of rotatable bonds is 6. The summed E-state index contributed by atoms with van der Waals surface area (Å²) in [4.78, 5) is 0. The monoisotopic (exact) mass is 416 g/mol. The third kappa shape index (κ3) is 6.50. The summed E-state index contributed by atoms with van der Waals surface area (Å²) in [6.45, 7) is 18.1. The summed E-state index contributed by atoms with van der Waals surface area (Å²) in [5.41, 5.74) is 6.39. The van der Waals surface area contributed by atoms with Gasteiger partial charge in [0.25, 0.3) is 0 Å². The number of hydrogen-bond donors (Lipinski definition) is 0. The van der Waals surface area contributed by atoms with E-state index in [2.05, 4.69) is 79.7 Å². The summed E-state index contributed by atoms with van der Waals surface area (Å²) in [5.74, 6) is 0. The van der Waals surface area contributed by atoms with Crippen LogP contribution in [-0.4, -0.2) is 0 Å². The molecular formula is C24H38Zr. The standard InChI is InChI=1S/2C12H19.Zr/c2*1-5-12(4,6-2)11-8-7-10(3)9-11;/h2*8H,5-7H2,1-4H3;/q2*-1;+2. The molecule has 0 fully saturated rings. The van der Waals surface area contributed by atoms with E-state index in [4.69, 9.17) is 0 Å². The molecule has 25 heavy (non-hydrogen) atoms. The molecular weight excluding hydrogens is 379 g/mol. The Morgan fingerprint density at radius 3 is 1.16 bits per heavy atom. The van der Waals surface area contributed by atoms with Gasteiger partial charge < -0.3 is 0 Å². The van der Waals surface area contributed by atoms with Crippen molar-refractivity contribution < 1.29 is 26.2 Å². The Morgan fingerprint density at radius 1 is 0.720 bits per heavy atom. The van der Waals surface area contributed by atoms with E-state index in [-0.39, 0.29) is 26.2 Å². The maximum Gasteiger partial charge on any atom is 2.00 e. The molecule has 0 aliphatic heterocycles. The average Bonchev–Trinajstić information content (AvgIpc) is 3.23. The third-order valence-electron chi connectivity index (χ3n) is 6.34. The summed E-state index contributed by atoms with van der Waals surface area (Å²) < 4.78 is 0. The third-order valence-corrected chi connectivity index (χ3v) is 6.34. The van der Waals surface area contributed by atoms with Crippen molar-refractivity contribution in [2.75, 3.05) is 0 Å². The molecule has 0 saturated carbocycles. The van der Waals surface area contributed by atoms with Gasteiger partial charge in [-0.3, -0.25) is 0 Å². The van der Waals surface area contributed by atoms with E-state index >= 15 is 0 Å². The van der Waals surface area contributed by atoms with Crippen LogP contribution in [0.15, 0.2) is 34.4 Å². The summed E-state index contributed by atoms with van der Waals surface area (Å²) in [6, 6.07) is 0. The van der Waals surface area contributed by atoms with Crippen molar-refractivity contribution in [1.82, 2.24) is 0 Å². The zero-order chi connectivity index (χ0) is 18.4. The SMILES string of the molecule is CCC(C)(CC)C1=CCC(C)=[C-]1.CCC(C)(CC)C1=CCC(C)=[C-]1.[Zr+2]. The summed E-state index contributed by atoms with van der Waals surface area (Å²) in [5, 5.41) is 0. The smallest absolute Gasteiger partial charge is 0.249 e. The Labute approximate surface area is 177 Å². The first-order valence-electron chi connectivity index (χ1n) is 9.84. The van der Waals surface area contributed by atoms with Crippen LogP contribution in [0.1, 0.15) is 93.9 Å². The average molecular weight is 418 g/mol. The minimum absolute atomic E-state index is 0. The van der Waals surface area contributed by atoms with Gasteiger partial charge in [0.2, 0.25) is 0 Å². The van der Waals surface area contributed by atoms with Crippen LogP contribution < -0.4 is 0 Å². The largest absolute Gasteiger partial charge is 2.00 e. The van der Waals surface area contributed by atoms with E-state index in [0.29, 0.717) is 10.8 Å². The van der Waals surface area contributed by atoms with Crippen molar-refractivity contribution in [2.24, 2.45) is 10.8 Å². The maximum absolute atomic E-state index is 3.47. The van der Waals surface area contributed by atoms with Gasteiger partial charge in [-0.2, -0.15) is 11.1 Å². The Kier molecular flexibility index (Phi) is 10.8. The first-order valence-corrected chi connectivity index (χ1v) is 9.84. The van der Waals surface area contributed by atoms with Gasteiger partial charge in [0.05, 0.1) is 0 Å². The van der Waals surface area contributed by atoms with Crippen LogP contribution in [0, 0.1) is 23.0 Å². The van der Waals surface area contributed by atoms with Gasteiger partial charge in [-0.15, -0.1) is 0 Å². The Hall–Kier alpha value is -0.157. The molecule has 0 atom stereocenters. The van der Waals surface area contributed by atoms with Crippen LogP contribution in [0.2, 0.25) is 0 Å². The van der Waals surface area contributed by atoms with Gasteiger partial charge in [0, 0.05) is 0 Å². The zero-order valence-corrected chi connectivity index (χ0v) is 20.4. The van der Waals surface area contributed by atoms with Crippen LogP contribution in [0.5, 0.6) is 0 Å². The molecule has 0 spiro atoms. The molecule has 0 bridgehead atoms. The summed E-state index contributed by atoms with van der Waals surface area (Å²) in [6.07, 6.45) is 18.7. The number of allylic oxidation sites excluding steroid dienone is 8. The van der Waals surface area contributed by atoms with Crippen LogP contribution in [-0.2, 0) is 26.2 Å². The van der Waals surface area contributed by atoms with Gasteiger partial charge in [0.15, 0.2) is 0 Å². The fourth-order valence-electron chi connectivity index (χ4n) is 3.23. The van der Waals surface area contributed by atoms with E-state index in [9.17, 15) is 0 Å². The van der Waals surface area contributed by atoms with Gasteiger partial charge in [-0.05, 0) is 36.5 Å². The second-order valence-corrected chi connectivity index (χ2v) is 7.99. The fourth-order valence-corrected chi connectivity index (χ4v) is 3.23. The minimum atomic E-state index is 0. The maximum atomic E-state index is 3.47. The molecule has 2 rings (SSSR count). The Bertz CT molecular complexity index is 484. The molecule has 0 heterocycles. The van der Waals surface area contributed by atoms with E-state index < -0.39 is 0 Å². The second kappa shape index (κ2) is 10.9. The van der Waals surface area contributed by atoms with Crippen molar-refractivity contribution in [3.63, 3.8) is 0 Å². The first-order chi connectivity index (χ1) is 11.2. The van der Waals surface area contributed by atoms with Crippen molar-refractivity contribution in [3.8, 4) is 0 Å². The van der Waals surface area contributed by atoms with Crippen LogP contribution in [0.4, 0.5) is 0 Å². The normalized spacial score (nSPS) is 17.0. The molecule has 2 aliphatic rings. The molecule has 138 valence electrons. The predicted octanol–water partition coefficient (Wildman–Crippen LogP) is 7.78. The molecule has 0 amide bonds. The van der Waals surface area contributed by atoms with Crippen molar-refractivity contribution in [1.29, 1.82) is 0 Å². The van der Waals surface area contributed by atoms with Crippen LogP contribution in [0.3, 0.4) is 0 Å². The predicted molar refractivity (Wildman–Crippen MR) is 108 cm³/mol. The molecule has 1 heteroatoms. The van der Waals surface area contributed by atoms with Crippen LogP contribution >= 0.6 is 0 Å². The second-order valence-electron chi connectivity index (χ2n) is 7.99. The fraction of sp³-hybridized carbons (Fsp3) is 0.667. The van der Waals surface area contributed by atoms with E-state index in [1.54, 1.807) is 0 Å². The Balaban J connectivity index is 0.000000443. The van der Waals surface area contributed by atoms with Gasteiger partial charge >= 0.3 is 26.2 Å². The van der Waals surface area contributed by atoms with Crippen LogP contribution in [0.25, 0.3) is 0 Å². The molecule has 0 nitrogen and oxygen atoms in total. The first kappa shape index (κ1) is 24.8. The molecule has 2 aliphatic carbocycles. The van der Waals surface area contributed by atoms with Crippen molar-refractivity contribution in [3.05, 3.63) is 46.6 Å². The zero-order valence-electron chi connectivity index (χ0n) is 17.9. The van der Waals surface area contributed by atoms with Gasteiger partial charge in [-0.1, -0.05) is 68.2 Å². The molecule has 0 aromatic heterocycles. The van der Waals surface area contributed by atoms with E-state index in [0.717, 1.165) is 12.8 Å². The summed E-state index contributed by atoms with van der Waals surface area (Å²) >= 11 is 0. The molecule has 0 saturated heterocycles. The van der Waals surface area contributed by atoms with Gasteiger partial charge in [0.1, 0.15) is 0 Å². The van der Waals surface area contributed by atoms with E-state index in [1.807, 2.05) is 0 Å².